The molecule has 0 saturated heterocycles. The number of rotatable bonds is 4. The lowest BCUT2D eigenvalue weighted by atomic mass is 10.2. The Hall–Kier alpha value is -1.83. The van der Waals surface area contributed by atoms with Gasteiger partial charge in [-0.15, -0.1) is 10.2 Å². The van der Waals surface area contributed by atoms with Gasteiger partial charge in [-0.05, 0) is 26.2 Å². The van der Waals surface area contributed by atoms with Gasteiger partial charge >= 0.3 is 0 Å². The van der Waals surface area contributed by atoms with Crippen molar-refractivity contribution in [3.63, 3.8) is 0 Å². The number of fused-ring (bicyclic) bond motifs is 1. The van der Waals surface area contributed by atoms with Gasteiger partial charge in [0.15, 0.2) is 0 Å². The van der Waals surface area contributed by atoms with Gasteiger partial charge < -0.3 is 5.84 Å². The molecule has 0 spiro atoms. The van der Waals surface area contributed by atoms with Crippen LogP contribution in [0.4, 0.5) is 0 Å². The van der Waals surface area contributed by atoms with Gasteiger partial charge in [-0.2, -0.15) is 5.10 Å². The quantitative estimate of drug-likeness (QED) is 0.625. The lowest BCUT2D eigenvalue weighted by Crippen LogP contribution is -2.12. The predicted molar refractivity (Wildman–Crippen MR) is 71.2 cm³/mol. The number of nitrogens with one attached hydrogen (secondary N) is 1. The van der Waals surface area contributed by atoms with Gasteiger partial charge in [0.25, 0.3) is 0 Å². The Morgan fingerprint density at radius 2 is 2.32 bits per heavy atom. The van der Waals surface area contributed by atoms with Gasteiger partial charge in [-0.25, -0.2) is 4.68 Å². The van der Waals surface area contributed by atoms with Crippen LogP contribution < -0.4 is 5.84 Å². The van der Waals surface area contributed by atoms with Gasteiger partial charge in [0.2, 0.25) is 11.0 Å². The monoisotopic (exact) mass is 278 g/mol. The Labute approximate surface area is 113 Å². The van der Waals surface area contributed by atoms with Crippen molar-refractivity contribution in [3.05, 3.63) is 11.3 Å². The van der Waals surface area contributed by atoms with Crippen molar-refractivity contribution in [1.82, 2.24) is 25.1 Å². The fourth-order valence-corrected chi connectivity index (χ4v) is 2.86. The Morgan fingerprint density at radius 3 is 3.11 bits per heavy atom. The van der Waals surface area contributed by atoms with E-state index < -0.39 is 0 Å². The average Bonchev–Trinajstić information content (AvgIpc) is 3.02. The molecule has 1 aliphatic rings. The third-order valence-electron chi connectivity index (χ3n) is 3.09. The van der Waals surface area contributed by atoms with Crippen LogP contribution in [0.5, 0.6) is 0 Å². The first kappa shape index (κ1) is 12.2. The number of carbonyl (C=O) groups excluding carboxylic acids is 1. The molecule has 0 aromatic carbocycles. The molecule has 0 radical (unpaired) electrons. The van der Waals surface area contributed by atoms with Crippen molar-refractivity contribution >= 4 is 17.5 Å². The number of carbonyl (C=O) groups is 1. The second-order valence-corrected chi connectivity index (χ2v) is 5.49. The summed E-state index contributed by atoms with van der Waals surface area (Å²) in [6.07, 6.45) is 3.14. The molecule has 0 bridgehead atoms. The van der Waals surface area contributed by atoms with Crippen molar-refractivity contribution in [2.45, 2.75) is 31.3 Å². The van der Waals surface area contributed by atoms with Crippen LogP contribution in [0.15, 0.2) is 5.16 Å². The fourth-order valence-electron chi connectivity index (χ4n) is 2.21. The number of hydrogen-bond acceptors (Lipinski definition) is 6. The van der Waals surface area contributed by atoms with E-state index in [2.05, 4.69) is 20.4 Å². The highest BCUT2D eigenvalue weighted by atomic mass is 32.2. The SMILES string of the molecule is CC(=O)CSc1nnc(-c2n[nH]c3c2CCC3)n1N. The van der Waals surface area contributed by atoms with E-state index in [0.717, 1.165) is 30.7 Å². The Bertz CT molecular complexity index is 631. The summed E-state index contributed by atoms with van der Waals surface area (Å²) < 4.78 is 1.41. The maximum absolute atomic E-state index is 11.0. The summed E-state index contributed by atoms with van der Waals surface area (Å²) in [6.45, 7) is 1.53. The number of nitrogens with zero attached hydrogens (tertiary/aromatic N) is 4. The molecule has 1 aliphatic carbocycles. The molecule has 8 heteroatoms. The number of nitrogens with two attached hydrogens (primary N) is 1. The normalized spacial score (nSPS) is 13.7. The van der Waals surface area contributed by atoms with Crippen LogP contribution in [0.3, 0.4) is 0 Å². The number of thioether (sulfide) groups is 1. The number of aryl methyl sites for hydroxylation is 1. The number of aromatic amines is 1. The zero-order valence-corrected chi connectivity index (χ0v) is 11.3. The molecule has 0 amide bonds. The maximum atomic E-state index is 11.0. The van der Waals surface area contributed by atoms with Gasteiger partial charge in [-0.3, -0.25) is 9.89 Å². The zero-order chi connectivity index (χ0) is 13.4. The van der Waals surface area contributed by atoms with E-state index in [4.69, 9.17) is 5.84 Å². The van der Waals surface area contributed by atoms with Crippen LogP contribution in [-0.2, 0) is 17.6 Å². The van der Waals surface area contributed by atoms with E-state index in [1.54, 1.807) is 0 Å². The number of H-pyrrole nitrogens is 1. The second-order valence-electron chi connectivity index (χ2n) is 4.55. The molecule has 2 aromatic heterocycles. The highest BCUT2D eigenvalue weighted by molar-refractivity contribution is 7.99. The van der Waals surface area contributed by atoms with Crippen molar-refractivity contribution in [2.75, 3.05) is 11.6 Å². The van der Waals surface area contributed by atoms with Crippen LogP contribution in [0, 0.1) is 0 Å². The van der Waals surface area contributed by atoms with Crippen LogP contribution in [0.1, 0.15) is 24.6 Å². The van der Waals surface area contributed by atoms with Gasteiger partial charge in [0, 0.05) is 11.3 Å². The van der Waals surface area contributed by atoms with Crippen molar-refractivity contribution < 1.29 is 4.79 Å². The molecular formula is C11H14N6OS. The smallest absolute Gasteiger partial charge is 0.210 e. The minimum atomic E-state index is 0.0789. The first-order valence-electron chi connectivity index (χ1n) is 6.06. The van der Waals surface area contributed by atoms with Gasteiger partial charge in [0.05, 0.1) is 5.75 Å². The van der Waals surface area contributed by atoms with E-state index in [-0.39, 0.29) is 5.78 Å². The summed E-state index contributed by atoms with van der Waals surface area (Å²) in [5.74, 6) is 6.95. The van der Waals surface area contributed by atoms with Gasteiger partial charge in [-0.1, -0.05) is 11.8 Å². The van der Waals surface area contributed by atoms with Crippen LogP contribution in [-0.4, -0.2) is 36.6 Å². The molecule has 0 saturated carbocycles. The van der Waals surface area contributed by atoms with E-state index in [1.807, 2.05) is 0 Å². The topological polar surface area (TPSA) is 102 Å². The Morgan fingerprint density at radius 1 is 1.47 bits per heavy atom. The predicted octanol–water partition coefficient (Wildman–Crippen LogP) is 0.552. The highest BCUT2D eigenvalue weighted by Gasteiger charge is 2.23. The molecular weight excluding hydrogens is 264 g/mol. The minimum absolute atomic E-state index is 0.0789. The van der Waals surface area contributed by atoms with Crippen molar-refractivity contribution in [1.29, 1.82) is 0 Å². The third kappa shape index (κ3) is 2.12. The molecule has 19 heavy (non-hydrogen) atoms. The van der Waals surface area contributed by atoms with Crippen molar-refractivity contribution in [2.24, 2.45) is 0 Å². The summed E-state index contributed by atoms with van der Waals surface area (Å²) in [5.41, 5.74) is 3.12. The summed E-state index contributed by atoms with van der Waals surface area (Å²) in [6, 6.07) is 0. The number of Topliss-reactive ketones (excluding diaryl/α,β-unsaturated/α-hetero) is 1. The van der Waals surface area contributed by atoms with Gasteiger partial charge in [0.1, 0.15) is 11.5 Å². The fraction of sp³-hybridized carbons (Fsp3) is 0.455. The summed E-state index contributed by atoms with van der Waals surface area (Å²) >= 11 is 1.28. The highest BCUT2D eigenvalue weighted by Crippen LogP contribution is 2.29. The lowest BCUT2D eigenvalue weighted by Gasteiger charge is -2.01. The number of ketones is 1. The minimum Gasteiger partial charge on any atom is -0.335 e. The number of nitrogen functional groups attached to an aromatic ring is 1. The van der Waals surface area contributed by atoms with E-state index >= 15 is 0 Å². The largest absolute Gasteiger partial charge is 0.335 e. The lowest BCUT2D eigenvalue weighted by molar-refractivity contribution is -0.114. The Kier molecular flexibility index (Phi) is 3.02. The molecule has 2 aromatic rings. The molecule has 3 rings (SSSR count). The molecule has 0 aliphatic heterocycles. The number of aromatic nitrogens is 5. The molecule has 0 unspecified atom stereocenters. The van der Waals surface area contributed by atoms with E-state index in [9.17, 15) is 4.79 Å². The van der Waals surface area contributed by atoms with Crippen LogP contribution in [0.25, 0.3) is 11.5 Å². The van der Waals surface area contributed by atoms with Crippen LogP contribution in [0.2, 0.25) is 0 Å². The molecule has 2 heterocycles. The molecule has 3 N–H and O–H groups in total. The molecule has 7 nitrogen and oxygen atoms in total. The second kappa shape index (κ2) is 4.69. The molecule has 100 valence electrons. The maximum Gasteiger partial charge on any atom is 0.210 e. The van der Waals surface area contributed by atoms with Crippen molar-refractivity contribution in [3.8, 4) is 11.5 Å². The average molecular weight is 278 g/mol. The Balaban J connectivity index is 1.91. The first-order chi connectivity index (χ1) is 9.16. The first-order valence-corrected chi connectivity index (χ1v) is 7.04. The molecule has 0 atom stereocenters. The summed E-state index contributed by atoms with van der Waals surface area (Å²) in [7, 11) is 0. The van der Waals surface area contributed by atoms with E-state index in [0.29, 0.717) is 16.7 Å². The summed E-state index contributed by atoms with van der Waals surface area (Å²) in [5, 5.41) is 15.9. The zero-order valence-electron chi connectivity index (χ0n) is 10.5. The van der Waals surface area contributed by atoms with Crippen LogP contribution >= 0.6 is 11.8 Å². The van der Waals surface area contributed by atoms with E-state index in [1.165, 1.54) is 28.9 Å². The molecule has 0 fully saturated rings. The third-order valence-corrected chi connectivity index (χ3v) is 4.17. The standard InChI is InChI=1S/C11H14N6OS/c1-6(18)5-19-11-16-15-10(17(11)12)9-7-3-2-4-8(7)13-14-9/h2-5,12H2,1H3,(H,13,14). The number of hydrogen-bond donors (Lipinski definition) is 2. The summed E-state index contributed by atoms with van der Waals surface area (Å²) in [4.78, 5) is 11.0.